The van der Waals surface area contributed by atoms with Gasteiger partial charge in [-0.05, 0) is 88.3 Å². The molecule has 1 saturated heterocycles. The van der Waals surface area contributed by atoms with Crippen molar-refractivity contribution in [2.45, 2.75) is 142 Å². The Morgan fingerprint density at radius 2 is 1.56 bits per heavy atom. The molecule has 2 aliphatic rings. The van der Waals surface area contributed by atoms with Crippen LogP contribution in [0.3, 0.4) is 0 Å². The Hall–Kier alpha value is -4.30. The molecule has 2 aromatic rings. The number of benzene rings is 1. The summed E-state index contributed by atoms with van der Waals surface area (Å²) in [5.74, 6) is -2.41. The molecule has 17 heteroatoms. The summed E-state index contributed by atoms with van der Waals surface area (Å²) in [6.45, 7) is 19.2. The topological polar surface area (TPSA) is 180 Å². The van der Waals surface area contributed by atoms with Gasteiger partial charge >= 0.3 is 11.9 Å². The number of hydrogen-bond acceptors (Lipinski definition) is 12. The second-order valence-corrected chi connectivity index (χ2v) is 27.9. The lowest BCUT2D eigenvalue weighted by Gasteiger charge is -2.34. The Morgan fingerprint density at radius 3 is 2.26 bits per heavy atom. The first kappa shape index (κ1) is 54.3. The van der Waals surface area contributed by atoms with Crippen LogP contribution in [0.5, 0.6) is 0 Å². The van der Waals surface area contributed by atoms with Gasteiger partial charge in [0.05, 0.1) is 44.2 Å². The van der Waals surface area contributed by atoms with Gasteiger partial charge in [0, 0.05) is 39.1 Å². The van der Waals surface area contributed by atoms with Gasteiger partial charge in [-0.25, -0.2) is 4.79 Å². The van der Waals surface area contributed by atoms with Crippen LogP contribution in [0.15, 0.2) is 55.3 Å². The number of aliphatic hydroxyl groups is 1. The molecular weight excluding hydrogens is 875 g/mol. The van der Waals surface area contributed by atoms with Gasteiger partial charge in [0.1, 0.15) is 18.4 Å². The highest BCUT2D eigenvalue weighted by Crippen LogP contribution is 2.49. The predicted octanol–water partition coefficient (Wildman–Crippen LogP) is 7.57. The quantitative estimate of drug-likeness (QED) is 0.0250. The molecule has 5 unspecified atom stereocenters. The van der Waals surface area contributed by atoms with Gasteiger partial charge < -0.3 is 28.3 Å². The molecule has 2 fully saturated rings. The summed E-state index contributed by atoms with van der Waals surface area (Å²) in [4.78, 5) is 68.2. The fourth-order valence-electron chi connectivity index (χ4n) is 9.00. The third kappa shape index (κ3) is 18.1. The predicted molar refractivity (Wildman–Crippen MR) is 258 cm³/mol. The number of likely N-dealkylation sites (tertiary alicyclic amines) is 1. The van der Waals surface area contributed by atoms with Gasteiger partial charge in [0.25, 0.3) is 0 Å². The standard InChI is InChI=1S/C49H77N5O10Si2/c1-8-10-33-65(4,5)64-66(6,7)34-19-29-61-31-32-62-44(57)25-24-43(56)52(36-42-37-53(51-50-42)27-18-30-63-49(60)38(3)55)26-16-11-12-17-28-54-47(58)45-40(9-2)35-41(46(45)48(54)59)23-22-39-20-14-13-15-21-39/h9,13-15,20-23,37-38,40-41,45-46,55H,2,8,10-12,16-19,24-36H2,1,3-7H3. The molecule has 0 bridgehead atoms. The number of fused-ring (bicyclic) bond motifs is 1. The fourth-order valence-corrected chi connectivity index (χ4v) is 18.0. The second-order valence-electron chi connectivity index (χ2n) is 19.0. The Balaban J connectivity index is 1.22. The molecule has 1 aromatic carbocycles. The van der Waals surface area contributed by atoms with Crippen molar-refractivity contribution < 1.29 is 47.4 Å². The van der Waals surface area contributed by atoms with E-state index in [2.05, 4.69) is 56.1 Å². The molecule has 66 heavy (non-hydrogen) atoms. The van der Waals surface area contributed by atoms with Crippen molar-refractivity contribution in [2.75, 3.05) is 39.5 Å². The largest absolute Gasteiger partial charge is 0.464 e. The number of amides is 3. The third-order valence-electron chi connectivity index (χ3n) is 12.3. The number of nitrogens with zero attached hydrogens (tertiary/aromatic N) is 5. The number of esters is 2. The third-order valence-corrected chi connectivity index (χ3v) is 19.9. The zero-order chi connectivity index (χ0) is 48.1. The Labute approximate surface area is 394 Å². The highest BCUT2D eigenvalue weighted by molar-refractivity contribution is 6.84. The lowest BCUT2D eigenvalue weighted by molar-refractivity contribution is -0.152. The molecule has 0 radical (unpaired) electrons. The maximum atomic E-state index is 13.7. The van der Waals surface area contributed by atoms with Gasteiger partial charge in [0.15, 0.2) is 16.6 Å². The van der Waals surface area contributed by atoms with Gasteiger partial charge in [-0.3, -0.25) is 28.8 Å². The van der Waals surface area contributed by atoms with Crippen molar-refractivity contribution in [1.29, 1.82) is 0 Å². The number of allylic oxidation sites excluding steroid dienone is 2. The van der Waals surface area contributed by atoms with E-state index >= 15 is 0 Å². The summed E-state index contributed by atoms with van der Waals surface area (Å²) < 4.78 is 24.5. The summed E-state index contributed by atoms with van der Waals surface area (Å²) in [5.41, 5.74) is 1.62. The van der Waals surface area contributed by atoms with Crippen LogP contribution >= 0.6 is 0 Å². The lowest BCUT2D eigenvalue weighted by Crippen LogP contribution is -2.44. The lowest BCUT2D eigenvalue weighted by atomic mass is 9.89. The molecule has 15 nitrogen and oxygen atoms in total. The van der Waals surface area contributed by atoms with Crippen LogP contribution in [-0.2, 0) is 55.4 Å². The summed E-state index contributed by atoms with van der Waals surface area (Å²) in [6, 6.07) is 12.1. The number of carbonyl (C=O) groups is 5. The van der Waals surface area contributed by atoms with E-state index in [0.29, 0.717) is 51.2 Å². The number of imide groups is 1. The zero-order valence-corrected chi connectivity index (χ0v) is 42.5. The maximum absolute atomic E-state index is 13.7. The first-order chi connectivity index (χ1) is 31.5. The Morgan fingerprint density at radius 1 is 0.864 bits per heavy atom. The second kappa shape index (κ2) is 27.5. The smallest absolute Gasteiger partial charge is 0.334 e. The van der Waals surface area contributed by atoms with E-state index in [-0.39, 0.29) is 80.6 Å². The number of rotatable bonds is 32. The molecule has 0 spiro atoms. The molecule has 1 saturated carbocycles. The van der Waals surface area contributed by atoms with Gasteiger partial charge in [-0.15, -0.1) is 11.7 Å². The van der Waals surface area contributed by atoms with Crippen LogP contribution in [0.25, 0.3) is 6.08 Å². The van der Waals surface area contributed by atoms with E-state index in [1.54, 1.807) is 15.8 Å². The zero-order valence-electron chi connectivity index (χ0n) is 40.5. The normalized spacial score (nSPS) is 19.0. The molecular formula is C49H77N5O10Si2. The van der Waals surface area contributed by atoms with E-state index in [0.717, 1.165) is 37.3 Å². The number of hydrogen-bond donors (Lipinski definition) is 1. The van der Waals surface area contributed by atoms with Crippen molar-refractivity contribution in [3.63, 3.8) is 0 Å². The molecule has 1 aliphatic heterocycles. The van der Waals surface area contributed by atoms with Crippen molar-refractivity contribution in [2.24, 2.45) is 23.7 Å². The Bertz CT molecular complexity index is 1890. The molecule has 366 valence electrons. The highest BCUT2D eigenvalue weighted by atomic mass is 28.4. The minimum Gasteiger partial charge on any atom is -0.464 e. The van der Waals surface area contributed by atoms with E-state index in [9.17, 15) is 29.1 Å². The molecule has 4 rings (SSSR count). The van der Waals surface area contributed by atoms with E-state index in [4.69, 9.17) is 18.3 Å². The molecule has 2 heterocycles. The van der Waals surface area contributed by atoms with Crippen molar-refractivity contribution >= 4 is 52.4 Å². The number of ether oxygens (including phenoxy) is 3. The van der Waals surface area contributed by atoms with Crippen LogP contribution in [0.2, 0.25) is 38.3 Å². The number of aryl methyl sites for hydroxylation is 1. The molecule has 1 N–H and O–H groups in total. The SMILES string of the molecule is C=CC1CC(C=Cc2ccccc2)C2C(=O)N(CCCCCCN(Cc3cn(CCCOC(=O)C(C)O)nn3)C(=O)CCC(=O)OCCOCCC[Si](C)(C)O[Si](C)(C)CCCC)C(=O)C12. The van der Waals surface area contributed by atoms with Crippen molar-refractivity contribution in [3.8, 4) is 0 Å². The van der Waals surface area contributed by atoms with Gasteiger partial charge in [0.2, 0.25) is 17.7 Å². The van der Waals surface area contributed by atoms with Crippen molar-refractivity contribution in [3.05, 3.63) is 66.5 Å². The summed E-state index contributed by atoms with van der Waals surface area (Å²) in [6.07, 6.45) is 13.7. The Kier molecular flexibility index (Phi) is 22.6. The minimum atomic E-state index is -1.79. The van der Waals surface area contributed by atoms with E-state index in [1.807, 2.05) is 42.5 Å². The molecule has 1 aliphatic carbocycles. The fraction of sp³-hybridized carbons (Fsp3) is 0.653. The van der Waals surface area contributed by atoms with Crippen LogP contribution in [0.4, 0.5) is 0 Å². The highest BCUT2D eigenvalue weighted by Gasteiger charge is 2.56. The summed E-state index contributed by atoms with van der Waals surface area (Å²) in [7, 11) is -3.44. The van der Waals surface area contributed by atoms with Crippen LogP contribution in [-0.4, -0.2) is 122 Å². The van der Waals surface area contributed by atoms with Crippen molar-refractivity contribution in [1.82, 2.24) is 24.8 Å². The summed E-state index contributed by atoms with van der Waals surface area (Å²) in [5, 5.41) is 17.8. The molecule has 3 amide bonds. The monoisotopic (exact) mass is 952 g/mol. The molecule has 1 aromatic heterocycles. The summed E-state index contributed by atoms with van der Waals surface area (Å²) >= 11 is 0. The minimum absolute atomic E-state index is 0.0323. The van der Waals surface area contributed by atoms with Crippen LogP contribution in [0, 0.1) is 23.7 Å². The van der Waals surface area contributed by atoms with Crippen LogP contribution < -0.4 is 0 Å². The van der Waals surface area contributed by atoms with E-state index in [1.165, 1.54) is 30.7 Å². The first-order valence-corrected chi connectivity index (χ1v) is 30.4. The molecule has 5 atom stereocenters. The van der Waals surface area contributed by atoms with Crippen LogP contribution in [0.1, 0.15) is 95.7 Å². The van der Waals surface area contributed by atoms with Gasteiger partial charge in [-0.1, -0.05) is 86.4 Å². The number of aromatic nitrogens is 3. The number of carbonyl (C=O) groups excluding carboxylic acids is 5. The average Bonchev–Trinajstić information content (AvgIpc) is 3.96. The van der Waals surface area contributed by atoms with Gasteiger partial charge in [-0.2, -0.15) is 0 Å². The first-order valence-electron chi connectivity index (χ1n) is 24.2. The van der Waals surface area contributed by atoms with E-state index < -0.39 is 34.7 Å². The number of aliphatic hydroxyl groups excluding tert-OH is 1. The number of unbranched alkanes of at least 4 members (excludes halogenated alkanes) is 4. The maximum Gasteiger partial charge on any atom is 0.334 e. The average molecular weight is 952 g/mol.